The van der Waals surface area contributed by atoms with Gasteiger partial charge < -0.3 is 20.5 Å². The average molecular weight is 566 g/mol. The van der Waals surface area contributed by atoms with E-state index in [-0.39, 0.29) is 42.3 Å². The van der Waals surface area contributed by atoms with Gasteiger partial charge in [0.05, 0.1) is 12.0 Å². The van der Waals surface area contributed by atoms with Crippen LogP contribution < -0.4 is 16.0 Å². The van der Waals surface area contributed by atoms with Crippen LogP contribution in [0.15, 0.2) is 0 Å². The predicted octanol–water partition coefficient (Wildman–Crippen LogP) is 4.71. The van der Waals surface area contributed by atoms with Crippen LogP contribution in [0.4, 0.5) is 4.79 Å². The Labute approximate surface area is 241 Å². The topological polar surface area (TPSA) is 134 Å². The average Bonchev–Trinajstić information content (AvgIpc) is 3.28. The van der Waals surface area contributed by atoms with Crippen LogP contribution in [0.5, 0.6) is 0 Å². The fraction of sp³-hybridized carbons (Fsp3) is 0.871. The first kappa shape index (κ1) is 34.0. The SMILES string of the molecule is CCC1(C)CC1(CC(C)(C)C(C)(C)C(CC(C)(C)C)C(=O)NC(C)(C)CC1(C)NC(=O)NC1=O)C(=O)OCCO. The van der Waals surface area contributed by atoms with Crippen molar-refractivity contribution in [2.75, 3.05) is 13.2 Å². The van der Waals surface area contributed by atoms with Gasteiger partial charge in [-0.05, 0) is 68.1 Å². The van der Waals surface area contributed by atoms with Gasteiger partial charge in [-0.1, -0.05) is 62.3 Å². The molecule has 1 aliphatic carbocycles. The number of esters is 1. The first-order chi connectivity index (χ1) is 17.9. The van der Waals surface area contributed by atoms with Gasteiger partial charge in [0.25, 0.3) is 5.91 Å². The summed E-state index contributed by atoms with van der Waals surface area (Å²) in [4.78, 5) is 51.8. The molecule has 0 radical (unpaired) electrons. The van der Waals surface area contributed by atoms with Gasteiger partial charge in [0.15, 0.2) is 0 Å². The van der Waals surface area contributed by atoms with E-state index in [2.05, 4.69) is 78.3 Å². The molecule has 4 N–H and O–H groups in total. The van der Waals surface area contributed by atoms with E-state index in [0.717, 1.165) is 12.8 Å². The highest BCUT2D eigenvalue weighted by molar-refractivity contribution is 6.06. The molecule has 0 spiro atoms. The van der Waals surface area contributed by atoms with Gasteiger partial charge in [0, 0.05) is 17.9 Å². The fourth-order valence-corrected chi connectivity index (χ4v) is 6.82. The molecule has 1 saturated carbocycles. The van der Waals surface area contributed by atoms with Crippen molar-refractivity contribution in [3.05, 3.63) is 0 Å². The van der Waals surface area contributed by atoms with Crippen molar-refractivity contribution < 1.29 is 29.0 Å². The summed E-state index contributed by atoms with van der Waals surface area (Å²) in [5.41, 5.74) is -3.91. The number of ether oxygens (including phenoxy) is 1. The lowest BCUT2D eigenvalue weighted by molar-refractivity contribution is -0.156. The van der Waals surface area contributed by atoms with Crippen LogP contribution in [0.1, 0.15) is 115 Å². The maximum atomic E-state index is 14.2. The summed E-state index contributed by atoms with van der Waals surface area (Å²) in [6.45, 7) is 24.2. The van der Waals surface area contributed by atoms with E-state index in [9.17, 15) is 24.3 Å². The van der Waals surface area contributed by atoms with E-state index in [1.807, 2.05) is 13.8 Å². The third kappa shape index (κ3) is 6.82. The number of rotatable bonds is 13. The van der Waals surface area contributed by atoms with Gasteiger partial charge in [-0.3, -0.25) is 19.7 Å². The van der Waals surface area contributed by atoms with E-state index in [1.54, 1.807) is 6.92 Å². The maximum absolute atomic E-state index is 14.2. The van der Waals surface area contributed by atoms with Crippen LogP contribution in [0.3, 0.4) is 0 Å². The zero-order chi connectivity index (χ0) is 31.2. The molecular weight excluding hydrogens is 510 g/mol. The largest absolute Gasteiger partial charge is 0.463 e. The van der Waals surface area contributed by atoms with Crippen LogP contribution in [0.2, 0.25) is 0 Å². The lowest BCUT2D eigenvalue weighted by atomic mass is 9.55. The summed E-state index contributed by atoms with van der Waals surface area (Å²) in [5, 5.41) is 17.4. The number of carbonyl (C=O) groups is 4. The Morgan fingerprint density at radius 3 is 2.02 bits per heavy atom. The van der Waals surface area contributed by atoms with Gasteiger partial charge in [0.1, 0.15) is 12.1 Å². The molecule has 9 heteroatoms. The predicted molar refractivity (Wildman–Crippen MR) is 155 cm³/mol. The molecule has 2 fully saturated rings. The second-order valence-electron chi connectivity index (χ2n) is 15.9. The zero-order valence-corrected chi connectivity index (χ0v) is 27.0. The van der Waals surface area contributed by atoms with E-state index >= 15 is 0 Å². The normalized spacial score (nSPS) is 28.0. The van der Waals surface area contributed by atoms with Crippen molar-refractivity contribution in [1.82, 2.24) is 16.0 Å². The number of urea groups is 1. The third-order valence-corrected chi connectivity index (χ3v) is 10.1. The number of aliphatic hydroxyl groups is 1. The molecule has 1 aliphatic heterocycles. The molecule has 1 heterocycles. The van der Waals surface area contributed by atoms with Crippen LogP contribution in [-0.2, 0) is 19.1 Å². The van der Waals surface area contributed by atoms with E-state index in [0.29, 0.717) is 12.8 Å². The van der Waals surface area contributed by atoms with Crippen LogP contribution in [0.25, 0.3) is 0 Å². The minimum atomic E-state index is -1.12. The number of carbonyl (C=O) groups excluding carboxylic acids is 4. The summed E-state index contributed by atoms with van der Waals surface area (Å²) < 4.78 is 5.49. The standard InChI is InChI=1S/C31H55N3O6/c1-13-29(11)19-31(29,23(38)40-15-14-35)17-26(5,6)28(9,10)20(16-25(2,3)4)21(36)33-27(7,8)18-30(12)22(37)32-24(39)34-30/h20,35H,13-19H2,1-12H3,(H,33,36)(H2,32,34,37,39). The quantitative estimate of drug-likeness (QED) is 0.189. The Morgan fingerprint density at radius 1 is 1.02 bits per heavy atom. The molecule has 2 rings (SSSR count). The second kappa shape index (κ2) is 10.9. The number of aliphatic hydroxyl groups excluding tert-OH is 1. The highest BCUT2D eigenvalue weighted by Gasteiger charge is 2.71. The molecular formula is C31H55N3O6. The fourth-order valence-electron chi connectivity index (χ4n) is 6.82. The van der Waals surface area contributed by atoms with Crippen molar-refractivity contribution in [1.29, 1.82) is 0 Å². The van der Waals surface area contributed by atoms with Crippen molar-refractivity contribution in [2.24, 2.45) is 33.0 Å². The Morgan fingerprint density at radius 2 is 1.60 bits per heavy atom. The Kier molecular flexibility index (Phi) is 9.29. The number of imide groups is 1. The molecule has 9 nitrogen and oxygen atoms in total. The Balaban J connectivity index is 2.39. The molecule has 4 amide bonds. The maximum Gasteiger partial charge on any atom is 0.322 e. The number of hydrogen-bond donors (Lipinski definition) is 4. The molecule has 4 unspecified atom stereocenters. The van der Waals surface area contributed by atoms with Crippen molar-refractivity contribution in [3.8, 4) is 0 Å². The minimum Gasteiger partial charge on any atom is -0.463 e. The van der Waals surface area contributed by atoms with Gasteiger partial charge >= 0.3 is 12.0 Å². The van der Waals surface area contributed by atoms with Crippen LogP contribution >= 0.6 is 0 Å². The molecule has 0 aromatic carbocycles. The minimum absolute atomic E-state index is 0.0221. The highest BCUT2D eigenvalue weighted by atomic mass is 16.5. The van der Waals surface area contributed by atoms with Crippen molar-refractivity contribution in [3.63, 3.8) is 0 Å². The number of amides is 4. The second-order valence-corrected chi connectivity index (χ2v) is 15.9. The van der Waals surface area contributed by atoms with Gasteiger partial charge in [-0.2, -0.15) is 0 Å². The van der Waals surface area contributed by atoms with Gasteiger partial charge in [-0.25, -0.2) is 4.79 Å². The first-order valence-corrected chi connectivity index (χ1v) is 14.6. The van der Waals surface area contributed by atoms with Crippen LogP contribution in [0, 0.1) is 33.0 Å². The molecule has 0 aromatic heterocycles. The smallest absolute Gasteiger partial charge is 0.322 e. The zero-order valence-electron chi connectivity index (χ0n) is 27.0. The molecule has 40 heavy (non-hydrogen) atoms. The third-order valence-electron chi connectivity index (χ3n) is 10.1. The molecule has 2 aliphatic rings. The van der Waals surface area contributed by atoms with E-state index < -0.39 is 45.2 Å². The number of hydrogen-bond acceptors (Lipinski definition) is 6. The summed E-state index contributed by atoms with van der Waals surface area (Å²) in [6.07, 6.45) is 2.95. The van der Waals surface area contributed by atoms with Crippen molar-refractivity contribution >= 4 is 23.8 Å². The van der Waals surface area contributed by atoms with Crippen LogP contribution in [-0.4, -0.2) is 53.2 Å². The van der Waals surface area contributed by atoms with E-state index in [1.165, 1.54) is 0 Å². The van der Waals surface area contributed by atoms with E-state index in [4.69, 9.17) is 4.74 Å². The highest BCUT2D eigenvalue weighted by Crippen LogP contribution is 2.72. The lowest BCUT2D eigenvalue weighted by Gasteiger charge is -2.50. The Bertz CT molecular complexity index is 1010. The molecule has 230 valence electrons. The first-order valence-electron chi connectivity index (χ1n) is 14.6. The molecule has 1 saturated heterocycles. The summed E-state index contributed by atoms with van der Waals surface area (Å²) in [6, 6.07) is -0.534. The van der Waals surface area contributed by atoms with Gasteiger partial charge in [-0.15, -0.1) is 0 Å². The summed E-state index contributed by atoms with van der Waals surface area (Å²) in [7, 11) is 0. The van der Waals surface area contributed by atoms with Gasteiger partial charge in [0.2, 0.25) is 5.91 Å². The molecule has 4 atom stereocenters. The summed E-state index contributed by atoms with van der Waals surface area (Å²) in [5.74, 6) is -1.19. The summed E-state index contributed by atoms with van der Waals surface area (Å²) >= 11 is 0. The monoisotopic (exact) mass is 565 g/mol. The van der Waals surface area contributed by atoms with Crippen molar-refractivity contribution in [2.45, 2.75) is 126 Å². The number of nitrogens with one attached hydrogen (secondary N) is 3. The molecule has 0 aromatic rings. The lowest BCUT2D eigenvalue weighted by Crippen LogP contribution is -2.58. The molecule has 0 bridgehead atoms. The Hall–Kier alpha value is -2.16.